The second-order valence-electron chi connectivity index (χ2n) is 4.25. The standard InChI is InChI=1S/C11H25NO2/c1-11(2,14-3)7-9-12-8-5-4-6-10-13/h12-13H,4-10H2,1-3H3. The first-order valence-electron chi connectivity index (χ1n) is 5.49. The van der Waals surface area contributed by atoms with Gasteiger partial charge in [-0.25, -0.2) is 0 Å². The summed E-state index contributed by atoms with van der Waals surface area (Å²) in [7, 11) is 1.75. The van der Waals surface area contributed by atoms with Crippen LogP contribution in [0.3, 0.4) is 0 Å². The molecule has 0 aromatic rings. The largest absolute Gasteiger partial charge is 0.396 e. The van der Waals surface area contributed by atoms with Crippen molar-refractivity contribution in [3.8, 4) is 0 Å². The summed E-state index contributed by atoms with van der Waals surface area (Å²) in [4.78, 5) is 0. The Hall–Kier alpha value is -0.120. The lowest BCUT2D eigenvalue weighted by Gasteiger charge is -2.22. The van der Waals surface area contributed by atoms with Gasteiger partial charge >= 0.3 is 0 Å². The smallest absolute Gasteiger partial charge is 0.0634 e. The van der Waals surface area contributed by atoms with Crippen molar-refractivity contribution in [2.75, 3.05) is 26.8 Å². The highest BCUT2D eigenvalue weighted by Gasteiger charge is 2.14. The molecular formula is C11H25NO2. The van der Waals surface area contributed by atoms with E-state index in [9.17, 15) is 0 Å². The molecule has 0 amide bonds. The molecule has 0 saturated carbocycles. The lowest BCUT2D eigenvalue weighted by molar-refractivity contribution is 0.0159. The van der Waals surface area contributed by atoms with Gasteiger partial charge in [-0.05, 0) is 52.6 Å². The van der Waals surface area contributed by atoms with E-state index in [1.165, 1.54) is 0 Å². The summed E-state index contributed by atoms with van der Waals surface area (Å²) >= 11 is 0. The molecule has 86 valence electrons. The van der Waals surface area contributed by atoms with Crippen LogP contribution in [0.5, 0.6) is 0 Å². The quantitative estimate of drug-likeness (QED) is 0.559. The van der Waals surface area contributed by atoms with E-state index in [1.54, 1.807) is 7.11 Å². The number of unbranched alkanes of at least 4 members (excludes halogenated alkanes) is 2. The van der Waals surface area contributed by atoms with Crippen LogP contribution in [0, 0.1) is 0 Å². The molecular weight excluding hydrogens is 178 g/mol. The predicted octanol–water partition coefficient (Wildman–Crippen LogP) is 1.55. The molecule has 0 aromatic carbocycles. The fourth-order valence-corrected chi connectivity index (χ4v) is 1.16. The van der Waals surface area contributed by atoms with Crippen LogP contribution in [0.1, 0.15) is 39.5 Å². The van der Waals surface area contributed by atoms with Crippen molar-refractivity contribution in [1.82, 2.24) is 5.32 Å². The number of hydrogen-bond donors (Lipinski definition) is 2. The fourth-order valence-electron chi connectivity index (χ4n) is 1.16. The van der Waals surface area contributed by atoms with Crippen molar-refractivity contribution in [2.45, 2.75) is 45.1 Å². The summed E-state index contributed by atoms with van der Waals surface area (Å²) in [5.74, 6) is 0. The SMILES string of the molecule is COC(C)(C)CCNCCCCCO. The monoisotopic (exact) mass is 203 g/mol. The van der Waals surface area contributed by atoms with E-state index < -0.39 is 0 Å². The molecule has 0 saturated heterocycles. The average molecular weight is 203 g/mol. The molecule has 3 nitrogen and oxygen atoms in total. The van der Waals surface area contributed by atoms with Gasteiger partial charge in [-0.3, -0.25) is 0 Å². The van der Waals surface area contributed by atoms with Crippen molar-refractivity contribution >= 4 is 0 Å². The normalized spacial score (nSPS) is 12.0. The second-order valence-corrected chi connectivity index (χ2v) is 4.25. The van der Waals surface area contributed by atoms with E-state index in [1.807, 2.05) is 0 Å². The Kier molecular flexibility index (Phi) is 8.14. The van der Waals surface area contributed by atoms with Gasteiger partial charge in [0, 0.05) is 13.7 Å². The van der Waals surface area contributed by atoms with Gasteiger partial charge in [-0.15, -0.1) is 0 Å². The summed E-state index contributed by atoms with van der Waals surface area (Å²) < 4.78 is 5.31. The Balaban J connectivity index is 3.13. The molecule has 0 rings (SSSR count). The van der Waals surface area contributed by atoms with E-state index in [-0.39, 0.29) is 5.60 Å². The molecule has 0 fully saturated rings. The number of aliphatic hydroxyl groups is 1. The van der Waals surface area contributed by atoms with Crippen LogP contribution in [-0.4, -0.2) is 37.5 Å². The molecule has 0 aliphatic rings. The molecule has 0 aliphatic carbocycles. The summed E-state index contributed by atoms with van der Waals surface area (Å²) in [6, 6.07) is 0. The van der Waals surface area contributed by atoms with E-state index in [0.29, 0.717) is 6.61 Å². The summed E-state index contributed by atoms with van der Waals surface area (Å²) in [5, 5.41) is 11.9. The van der Waals surface area contributed by atoms with Crippen molar-refractivity contribution in [2.24, 2.45) is 0 Å². The van der Waals surface area contributed by atoms with Gasteiger partial charge in [0.15, 0.2) is 0 Å². The molecule has 0 aliphatic heterocycles. The number of ether oxygens (including phenoxy) is 1. The Morgan fingerprint density at radius 3 is 2.43 bits per heavy atom. The van der Waals surface area contributed by atoms with Gasteiger partial charge in [0.25, 0.3) is 0 Å². The first-order chi connectivity index (χ1) is 6.62. The van der Waals surface area contributed by atoms with Gasteiger partial charge in [0.1, 0.15) is 0 Å². The minimum atomic E-state index is -0.0158. The third-order valence-electron chi connectivity index (χ3n) is 2.47. The first-order valence-corrected chi connectivity index (χ1v) is 5.49. The van der Waals surface area contributed by atoms with Gasteiger partial charge in [-0.2, -0.15) is 0 Å². The van der Waals surface area contributed by atoms with Gasteiger partial charge in [-0.1, -0.05) is 0 Å². The topological polar surface area (TPSA) is 41.5 Å². The molecule has 0 radical (unpaired) electrons. The highest BCUT2D eigenvalue weighted by atomic mass is 16.5. The molecule has 0 unspecified atom stereocenters. The highest BCUT2D eigenvalue weighted by molar-refractivity contribution is 4.68. The van der Waals surface area contributed by atoms with Crippen LogP contribution < -0.4 is 5.32 Å². The number of hydrogen-bond acceptors (Lipinski definition) is 3. The molecule has 0 aromatic heterocycles. The average Bonchev–Trinajstić information content (AvgIpc) is 2.16. The number of methoxy groups -OCH3 is 1. The third kappa shape index (κ3) is 8.48. The van der Waals surface area contributed by atoms with Crippen LogP contribution >= 0.6 is 0 Å². The Morgan fingerprint density at radius 2 is 1.86 bits per heavy atom. The molecule has 3 heteroatoms. The van der Waals surface area contributed by atoms with Gasteiger partial charge in [0.2, 0.25) is 0 Å². The minimum absolute atomic E-state index is 0.0158. The first kappa shape index (κ1) is 13.9. The third-order valence-corrected chi connectivity index (χ3v) is 2.47. The van der Waals surface area contributed by atoms with Crippen molar-refractivity contribution < 1.29 is 9.84 Å². The summed E-state index contributed by atoms with van der Waals surface area (Å²) in [5.41, 5.74) is -0.0158. The molecule has 0 heterocycles. The number of rotatable bonds is 9. The number of nitrogens with one attached hydrogen (secondary N) is 1. The second kappa shape index (κ2) is 8.21. The zero-order valence-electron chi connectivity index (χ0n) is 9.81. The summed E-state index contributed by atoms with van der Waals surface area (Å²) in [6.45, 7) is 6.55. The lowest BCUT2D eigenvalue weighted by Crippen LogP contribution is -2.29. The molecule has 2 N–H and O–H groups in total. The van der Waals surface area contributed by atoms with Crippen LogP contribution in [-0.2, 0) is 4.74 Å². The van der Waals surface area contributed by atoms with E-state index in [0.717, 1.165) is 38.8 Å². The van der Waals surface area contributed by atoms with Crippen LogP contribution in [0.15, 0.2) is 0 Å². The van der Waals surface area contributed by atoms with E-state index >= 15 is 0 Å². The molecule has 0 atom stereocenters. The predicted molar refractivity (Wildman–Crippen MR) is 59.5 cm³/mol. The lowest BCUT2D eigenvalue weighted by atomic mass is 10.1. The van der Waals surface area contributed by atoms with Gasteiger partial charge < -0.3 is 15.2 Å². The van der Waals surface area contributed by atoms with Crippen molar-refractivity contribution in [1.29, 1.82) is 0 Å². The maximum atomic E-state index is 8.57. The maximum absolute atomic E-state index is 8.57. The van der Waals surface area contributed by atoms with E-state index in [2.05, 4.69) is 19.2 Å². The molecule has 0 bridgehead atoms. The fraction of sp³-hybridized carbons (Fsp3) is 1.00. The summed E-state index contributed by atoms with van der Waals surface area (Å²) in [6.07, 6.45) is 4.21. The van der Waals surface area contributed by atoms with Crippen LogP contribution in [0.25, 0.3) is 0 Å². The molecule has 0 spiro atoms. The zero-order valence-corrected chi connectivity index (χ0v) is 9.81. The van der Waals surface area contributed by atoms with Crippen molar-refractivity contribution in [3.63, 3.8) is 0 Å². The minimum Gasteiger partial charge on any atom is -0.396 e. The highest BCUT2D eigenvalue weighted by Crippen LogP contribution is 2.11. The Bertz CT molecular complexity index is 126. The van der Waals surface area contributed by atoms with Gasteiger partial charge in [0.05, 0.1) is 5.60 Å². The Morgan fingerprint density at radius 1 is 1.14 bits per heavy atom. The Labute approximate surface area is 87.8 Å². The molecule has 14 heavy (non-hydrogen) atoms. The van der Waals surface area contributed by atoms with Crippen LogP contribution in [0.2, 0.25) is 0 Å². The zero-order chi connectivity index (χ0) is 10.9. The van der Waals surface area contributed by atoms with Crippen LogP contribution in [0.4, 0.5) is 0 Å². The van der Waals surface area contributed by atoms with Crippen molar-refractivity contribution in [3.05, 3.63) is 0 Å². The van der Waals surface area contributed by atoms with E-state index in [4.69, 9.17) is 9.84 Å². The maximum Gasteiger partial charge on any atom is 0.0634 e. The number of aliphatic hydroxyl groups excluding tert-OH is 1.